The number of aromatic nitrogens is 2. The molecule has 1 aromatic carbocycles. The van der Waals surface area contributed by atoms with Gasteiger partial charge in [-0.15, -0.1) is 0 Å². The zero-order valence-electron chi connectivity index (χ0n) is 15.5. The van der Waals surface area contributed by atoms with E-state index in [1.165, 1.54) is 12.8 Å². The fraction of sp³-hybridized carbons (Fsp3) is 0.550. The summed E-state index contributed by atoms with van der Waals surface area (Å²) in [6.07, 6.45) is 3.63. The largest absolute Gasteiger partial charge is 0.480 e. The lowest BCUT2D eigenvalue weighted by Crippen LogP contribution is -2.54. The van der Waals surface area contributed by atoms with Gasteiger partial charge in [-0.25, -0.2) is 9.97 Å². The van der Waals surface area contributed by atoms with Gasteiger partial charge in [0.05, 0.1) is 18.1 Å². The maximum Gasteiger partial charge on any atom is 0.235 e. The normalized spacial score (nSPS) is 21.2. The molecule has 1 saturated carbocycles. The summed E-state index contributed by atoms with van der Waals surface area (Å²) >= 11 is 0. The molecule has 26 heavy (non-hydrogen) atoms. The Morgan fingerprint density at radius 3 is 2.58 bits per heavy atom. The minimum Gasteiger partial charge on any atom is -0.480 e. The van der Waals surface area contributed by atoms with Crippen LogP contribution in [0.5, 0.6) is 5.88 Å². The van der Waals surface area contributed by atoms with Crippen LogP contribution in [0.2, 0.25) is 0 Å². The van der Waals surface area contributed by atoms with Gasteiger partial charge in [0.2, 0.25) is 11.8 Å². The molecule has 2 heterocycles. The number of nitrogens with zero attached hydrogens (tertiary/aromatic N) is 4. The van der Waals surface area contributed by atoms with Gasteiger partial charge < -0.3 is 9.64 Å². The molecule has 1 atom stereocenters. The van der Waals surface area contributed by atoms with Crippen molar-refractivity contribution in [2.24, 2.45) is 0 Å². The molecule has 2 aromatic rings. The zero-order chi connectivity index (χ0) is 18.1. The first kappa shape index (κ1) is 17.2. The van der Waals surface area contributed by atoms with Gasteiger partial charge in [-0.1, -0.05) is 12.1 Å². The van der Waals surface area contributed by atoms with Gasteiger partial charge in [-0.3, -0.25) is 9.69 Å². The lowest BCUT2D eigenvalue weighted by Gasteiger charge is -2.40. The predicted octanol–water partition coefficient (Wildman–Crippen LogP) is 2.27. The number of aryl methyl sites for hydroxylation is 1. The number of piperazine rings is 1. The standard InChI is InChI=1S/C20H26N4O2/c1-14-13-23(15-7-8-15)11-12-24(14)19(25)10-9-18-20(26-2)22-17-6-4-3-5-16(17)21-18/h3-6,14-15H,7-13H2,1-2H3. The summed E-state index contributed by atoms with van der Waals surface area (Å²) < 4.78 is 5.39. The average molecular weight is 354 g/mol. The smallest absolute Gasteiger partial charge is 0.235 e. The maximum absolute atomic E-state index is 12.8. The number of amides is 1. The van der Waals surface area contributed by atoms with E-state index in [1.807, 2.05) is 29.2 Å². The second-order valence-corrected chi connectivity index (χ2v) is 7.33. The highest BCUT2D eigenvalue weighted by Crippen LogP contribution is 2.29. The van der Waals surface area contributed by atoms with E-state index >= 15 is 0 Å². The van der Waals surface area contributed by atoms with Crippen LogP contribution in [0.25, 0.3) is 11.0 Å². The molecule has 4 rings (SSSR count). The molecule has 1 amide bonds. The minimum absolute atomic E-state index is 0.199. The number of carbonyl (C=O) groups is 1. The van der Waals surface area contributed by atoms with Gasteiger partial charge in [-0.2, -0.15) is 0 Å². The molecular weight excluding hydrogens is 328 g/mol. The van der Waals surface area contributed by atoms with Crippen molar-refractivity contribution in [3.63, 3.8) is 0 Å². The molecule has 0 spiro atoms. The molecular formula is C20H26N4O2. The van der Waals surface area contributed by atoms with Crippen LogP contribution in [0.1, 0.15) is 31.9 Å². The first-order valence-electron chi connectivity index (χ1n) is 9.49. The van der Waals surface area contributed by atoms with Crippen molar-refractivity contribution in [1.29, 1.82) is 0 Å². The Hall–Kier alpha value is -2.21. The first-order valence-corrected chi connectivity index (χ1v) is 9.49. The number of rotatable bonds is 5. The van der Waals surface area contributed by atoms with Crippen LogP contribution in [0, 0.1) is 0 Å². The molecule has 1 aliphatic heterocycles. The van der Waals surface area contributed by atoms with Gasteiger partial charge in [0, 0.05) is 44.6 Å². The minimum atomic E-state index is 0.199. The lowest BCUT2D eigenvalue weighted by molar-refractivity contribution is -0.135. The average Bonchev–Trinajstić information content (AvgIpc) is 3.50. The van der Waals surface area contributed by atoms with Crippen LogP contribution < -0.4 is 4.74 Å². The first-order chi connectivity index (χ1) is 12.7. The summed E-state index contributed by atoms with van der Waals surface area (Å²) in [4.78, 5) is 26.5. The van der Waals surface area contributed by atoms with Crippen LogP contribution in [0.3, 0.4) is 0 Å². The van der Waals surface area contributed by atoms with Gasteiger partial charge in [0.15, 0.2) is 0 Å². The number of hydrogen-bond acceptors (Lipinski definition) is 5. The molecule has 6 heteroatoms. The monoisotopic (exact) mass is 354 g/mol. The quantitative estimate of drug-likeness (QED) is 0.824. The summed E-state index contributed by atoms with van der Waals surface area (Å²) in [6, 6.07) is 8.78. The predicted molar refractivity (Wildman–Crippen MR) is 100 cm³/mol. The van der Waals surface area contributed by atoms with E-state index in [-0.39, 0.29) is 11.9 Å². The van der Waals surface area contributed by atoms with Crippen molar-refractivity contribution in [2.45, 2.75) is 44.7 Å². The number of carbonyl (C=O) groups excluding carboxylic acids is 1. The van der Waals surface area contributed by atoms with Crippen LogP contribution >= 0.6 is 0 Å². The molecule has 2 aliphatic rings. The van der Waals surface area contributed by atoms with Crippen molar-refractivity contribution in [2.75, 3.05) is 26.7 Å². The van der Waals surface area contributed by atoms with E-state index in [2.05, 4.69) is 21.8 Å². The van der Waals surface area contributed by atoms with E-state index in [0.717, 1.165) is 42.4 Å². The number of benzene rings is 1. The Morgan fingerprint density at radius 2 is 1.92 bits per heavy atom. The van der Waals surface area contributed by atoms with E-state index in [0.29, 0.717) is 18.7 Å². The number of para-hydroxylation sites is 2. The lowest BCUT2D eigenvalue weighted by atomic mass is 10.1. The summed E-state index contributed by atoms with van der Waals surface area (Å²) in [5, 5.41) is 0. The van der Waals surface area contributed by atoms with E-state index in [4.69, 9.17) is 4.74 Å². The van der Waals surface area contributed by atoms with Gasteiger partial charge in [-0.05, 0) is 31.9 Å². The maximum atomic E-state index is 12.8. The fourth-order valence-electron chi connectivity index (χ4n) is 3.84. The van der Waals surface area contributed by atoms with Crippen LogP contribution in [-0.4, -0.2) is 64.5 Å². The molecule has 1 unspecified atom stereocenters. The molecule has 1 saturated heterocycles. The summed E-state index contributed by atoms with van der Waals surface area (Å²) in [6.45, 7) is 4.98. The third-order valence-electron chi connectivity index (χ3n) is 5.42. The highest BCUT2D eigenvalue weighted by molar-refractivity contribution is 5.77. The van der Waals surface area contributed by atoms with Crippen molar-refractivity contribution in [3.05, 3.63) is 30.0 Å². The Bertz CT molecular complexity index is 805. The Balaban J connectivity index is 1.41. The molecule has 0 bridgehead atoms. The molecule has 1 aliphatic carbocycles. The summed E-state index contributed by atoms with van der Waals surface area (Å²) in [5.41, 5.74) is 2.40. The molecule has 6 nitrogen and oxygen atoms in total. The van der Waals surface area contributed by atoms with Crippen molar-refractivity contribution in [1.82, 2.24) is 19.8 Å². The van der Waals surface area contributed by atoms with Crippen molar-refractivity contribution < 1.29 is 9.53 Å². The molecule has 0 N–H and O–H groups in total. The number of ether oxygens (including phenoxy) is 1. The number of fused-ring (bicyclic) bond motifs is 1. The van der Waals surface area contributed by atoms with Crippen LogP contribution in [0.4, 0.5) is 0 Å². The zero-order valence-corrected chi connectivity index (χ0v) is 15.5. The molecule has 2 fully saturated rings. The van der Waals surface area contributed by atoms with Gasteiger partial charge in [0.25, 0.3) is 0 Å². The van der Waals surface area contributed by atoms with Gasteiger partial charge in [0.1, 0.15) is 5.69 Å². The highest BCUT2D eigenvalue weighted by atomic mass is 16.5. The van der Waals surface area contributed by atoms with Crippen LogP contribution in [-0.2, 0) is 11.2 Å². The highest BCUT2D eigenvalue weighted by Gasteiger charge is 2.35. The Labute approximate surface area is 154 Å². The van der Waals surface area contributed by atoms with Crippen molar-refractivity contribution in [3.8, 4) is 5.88 Å². The fourth-order valence-corrected chi connectivity index (χ4v) is 3.84. The second-order valence-electron chi connectivity index (χ2n) is 7.33. The van der Waals surface area contributed by atoms with E-state index < -0.39 is 0 Å². The summed E-state index contributed by atoms with van der Waals surface area (Å²) in [5.74, 6) is 0.716. The van der Waals surface area contributed by atoms with E-state index in [9.17, 15) is 4.79 Å². The Morgan fingerprint density at radius 1 is 1.19 bits per heavy atom. The molecule has 1 aromatic heterocycles. The van der Waals surface area contributed by atoms with Crippen LogP contribution in [0.15, 0.2) is 24.3 Å². The molecule has 0 radical (unpaired) electrons. The Kier molecular flexibility index (Phi) is 4.76. The van der Waals surface area contributed by atoms with E-state index in [1.54, 1.807) is 7.11 Å². The SMILES string of the molecule is COc1nc2ccccc2nc1CCC(=O)N1CCN(C2CC2)CC1C. The summed E-state index contributed by atoms with van der Waals surface area (Å²) in [7, 11) is 1.60. The third-order valence-corrected chi connectivity index (χ3v) is 5.42. The number of methoxy groups -OCH3 is 1. The second kappa shape index (κ2) is 7.19. The topological polar surface area (TPSA) is 58.6 Å². The van der Waals surface area contributed by atoms with Crippen molar-refractivity contribution >= 4 is 16.9 Å². The third kappa shape index (κ3) is 3.51. The van der Waals surface area contributed by atoms with Gasteiger partial charge >= 0.3 is 0 Å². The number of hydrogen-bond donors (Lipinski definition) is 0. The molecule has 138 valence electrons.